The number of rotatable bonds is 3. The second-order valence-corrected chi connectivity index (χ2v) is 4.21. The molecule has 2 fully saturated rings. The lowest BCUT2D eigenvalue weighted by Crippen LogP contribution is -2.42. The van der Waals surface area contributed by atoms with Gasteiger partial charge in [-0.3, -0.25) is 4.90 Å². The maximum absolute atomic E-state index is 13.2. The standard InChI is InChI=1S/C10H18FNO.C2H6/c1-2-13-8-10-4-3-5-12(10)7-9(11)6-10;1-2/h9H,2-8H2,1H3;1-2H3. The van der Waals surface area contributed by atoms with Crippen molar-refractivity contribution in [3.63, 3.8) is 0 Å². The van der Waals surface area contributed by atoms with Gasteiger partial charge in [0.05, 0.1) is 6.61 Å². The topological polar surface area (TPSA) is 12.5 Å². The molecule has 0 aliphatic carbocycles. The van der Waals surface area contributed by atoms with Crippen LogP contribution in [0.3, 0.4) is 0 Å². The molecule has 0 bridgehead atoms. The van der Waals surface area contributed by atoms with Crippen LogP contribution < -0.4 is 0 Å². The van der Waals surface area contributed by atoms with E-state index >= 15 is 0 Å². The van der Waals surface area contributed by atoms with E-state index in [1.54, 1.807) is 0 Å². The summed E-state index contributed by atoms with van der Waals surface area (Å²) in [7, 11) is 0. The first-order valence-electron chi connectivity index (χ1n) is 6.24. The summed E-state index contributed by atoms with van der Waals surface area (Å²) in [5, 5.41) is 0. The molecule has 90 valence electrons. The van der Waals surface area contributed by atoms with E-state index in [0.717, 1.165) is 26.2 Å². The predicted molar refractivity (Wildman–Crippen MR) is 60.9 cm³/mol. The average Bonchev–Trinajstić information content (AvgIpc) is 2.74. The van der Waals surface area contributed by atoms with E-state index in [-0.39, 0.29) is 5.54 Å². The van der Waals surface area contributed by atoms with Gasteiger partial charge in [0.15, 0.2) is 0 Å². The molecular weight excluding hydrogens is 193 g/mol. The van der Waals surface area contributed by atoms with Crippen molar-refractivity contribution in [1.82, 2.24) is 4.90 Å². The van der Waals surface area contributed by atoms with Crippen molar-refractivity contribution in [1.29, 1.82) is 0 Å². The summed E-state index contributed by atoms with van der Waals surface area (Å²) in [6.07, 6.45) is 2.39. The highest BCUT2D eigenvalue weighted by Crippen LogP contribution is 2.40. The van der Waals surface area contributed by atoms with Crippen LogP contribution in [0.5, 0.6) is 0 Å². The molecule has 0 N–H and O–H groups in total. The van der Waals surface area contributed by atoms with Crippen molar-refractivity contribution in [2.45, 2.75) is 51.7 Å². The number of nitrogens with zero attached hydrogens (tertiary/aromatic N) is 1. The first kappa shape index (κ1) is 12.9. The van der Waals surface area contributed by atoms with Crippen molar-refractivity contribution < 1.29 is 9.13 Å². The second kappa shape index (κ2) is 5.80. The normalized spacial score (nSPS) is 34.8. The Labute approximate surface area is 92.8 Å². The molecule has 2 heterocycles. The van der Waals surface area contributed by atoms with Gasteiger partial charge in [-0.05, 0) is 26.3 Å². The largest absolute Gasteiger partial charge is 0.380 e. The van der Waals surface area contributed by atoms with Crippen molar-refractivity contribution in [2.24, 2.45) is 0 Å². The summed E-state index contributed by atoms with van der Waals surface area (Å²) in [5.74, 6) is 0. The fraction of sp³-hybridized carbons (Fsp3) is 1.00. The minimum Gasteiger partial charge on any atom is -0.380 e. The predicted octanol–water partition coefficient (Wildman–Crippen LogP) is 2.63. The Morgan fingerprint density at radius 1 is 1.47 bits per heavy atom. The molecule has 2 aliphatic heterocycles. The van der Waals surface area contributed by atoms with Crippen molar-refractivity contribution in [2.75, 3.05) is 26.3 Å². The zero-order valence-corrected chi connectivity index (χ0v) is 10.3. The van der Waals surface area contributed by atoms with E-state index in [2.05, 4.69) is 4.90 Å². The molecule has 2 nitrogen and oxygen atoms in total. The third-order valence-electron chi connectivity index (χ3n) is 3.34. The molecule has 0 saturated carbocycles. The molecule has 0 radical (unpaired) electrons. The second-order valence-electron chi connectivity index (χ2n) is 4.21. The van der Waals surface area contributed by atoms with Crippen LogP contribution in [0, 0.1) is 0 Å². The van der Waals surface area contributed by atoms with Gasteiger partial charge in [-0.25, -0.2) is 4.39 Å². The number of ether oxygens (including phenoxy) is 1. The lowest BCUT2D eigenvalue weighted by molar-refractivity contribution is 0.0413. The summed E-state index contributed by atoms with van der Waals surface area (Å²) in [4.78, 5) is 2.29. The quantitative estimate of drug-likeness (QED) is 0.720. The highest BCUT2D eigenvalue weighted by Gasteiger charge is 2.48. The molecule has 0 spiro atoms. The lowest BCUT2D eigenvalue weighted by Gasteiger charge is -2.30. The van der Waals surface area contributed by atoms with Gasteiger partial charge in [0.1, 0.15) is 6.17 Å². The number of hydrogen-bond donors (Lipinski definition) is 0. The molecule has 0 aromatic carbocycles. The maximum atomic E-state index is 13.2. The minimum atomic E-state index is -0.624. The van der Waals surface area contributed by atoms with Gasteiger partial charge in [-0.15, -0.1) is 0 Å². The highest BCUT2D eigenvalue weighted by molar-refractivity contribution is 5.03. The van der Waals surface area contributed by atoms with E-state index in [1.165, 1.54) is 6.42 Å². The van der Waals surface area contributed by atoms with E-state index in [0.29, 0.717) is 13.0 Å². The summed E-state index contributed by atoms with van der Waals surface area (Å²) in [6, 6.07) is 0. The summed E-state index contributed by atoms with van der Waals surface area (Å²) in [6.45, 7) is 9.16. The highest BCUT2D eigenvalue weighted by atomic mass is 19.1. The Morgan fingerprint density at radius 3 is 2.87 bits per heavy atom. The fourth-order valence-corrected chi connectivity index (χ4v) is 2.74. The Hall–Kier alpha value is -0.150. The summed E-state index contributed by atoms with van der Waals surface area (Å²) in [5.41, 5.74) is 0.0649. The zero-order chi connectivity index (χ0) is 11.3. The van der Waals surface area contributed by atoms with Gasteiger partial charge >= 0.3 is 0 Å². The maximum Gasteiger partial charge on any atom is 0.115 e. The molecule has 15 heavy (non-hydrogen) atoms. The zero-order valence-electron chi connectivity index (χ0n) is 10.3. The number of alkyl halides is 1. The van der Waals surface area contributed by atoms with Crippen LogP contribution in [0.15, 0.2) is 0 Å². The molecule has 2 atom stereocenters. The van der Waals surface area contributed by atoms with Crippen LogP contribution in [0.25, 0.3) is 0 Å². The average molecular weight is 217 g/mol. The number of hydrogen-bond acceptors (Lipinski definition) is 2. The Kier molecular flexibility index (Phi) is 5.00. The molecule has 2 unspecified atom stereocenters. The van der Waals surface area contributed by atoms with E-state index in [9.17, 15) is 4.39 Å². The molecule has 2 saturated heterocycles. The monoisotopic (exact) mass is 217 g/mol. The molecule has 0 aromatic rings. The smallest absolute Gasteiger partial charge is 0.115 e. The van der Waals surface area contributed by atoms with Gasteiger partial charge in [0, 0.05) is 25.1 Å². The van der Waals surface area contributed by atoms with E-state index < -0.39 is 6.17 Å². The van der Waals surface area contributed by atoms with Crippen LogP contribution in [0.1, 0.15) is 40.0 Å². The van der Waals surface area contributed by atoms with Crippen LogP contribution >= 0.6 is 0 Å². The molecule has 0 amide bonds. The minimum absolute atomic E-state index is 0.0649. The number of fused-ring (bicyclic) bond motifs is 1. The first-order chi connectivity index (χ1) is 7.27. The number of halogens is 1. The molecule has 0 aromatic heterocycles. The molecular formula is C12H24FNO. The fourth-order valence-electron chi connectivity index (χ4n) is 2.74. The molecule has 2 rings (SSSR count). The van der Waals surface area contributed by atoms with Gasteiger partial charge in [-0.1, -0.05) is 13.8 Å². The third-order valence-corrected chi connectivity index (χ3v) is 3.34. The van der Waals surface area contributed by atoms with Crippen molar-refractivity contribution >= 4 is 0 Å². The van der Waals surface area contributed by atoms with Crippen molar-refractivity contribution in [3.05, 3.63) is 0 Å². The van der Waals surface area contributed by atoms with Gasteiger partial charge in [0.25, 0.3) is 0 Å². The molecule has 3 heteroatoms. The Balaban J connectivity index is 0.000000531. The van der Waals surface area contributed by atoms with Crippen LogP contribution in [0.4, 0.5) is 4.39 Å². The third kappa shape index (κ3) is 2.70. The summed E-state index contributed by atoms with van der Waals surface area (Å²) < 4.78 is 18.7. The van der Waals surface area contributed by atoms with Crippen LogP contribution in [-0.4, -0.2) is 42.9 Å². The Morgan fingerprint density at radius 2 is 2.20 bits per heavy atom. The van der Waals surface area contributed by atoms with Gasteiger partial charge < -0.3 is 4.74 Å². The van der Waals surface area contributed by atoms with Gasteiger partial charge in [-0.2, -0.15) is 0 Å². The van der Waals surface area contributed by atoms with E-state index in [1.807, 2.05) is 20.8 Å². The first-order valence-corrected chi connectivity index (χ1v) is 6.24. The van der Waals surface area contributed by atoms with Crippen LogP contribution in [0.2, 0.25) is 0 Å². The van der Waals surface area contributed by atoms with E-state index in [4.69, 9.17) is 4.74 Å². The van der Waals surface area contributed by atoms with Crippen LogP contribution in [-0.2, 0) is 4.74 Å². The molecule has 2 aliphatic rings. The van der Waals surface area contributed by atoms with Gasteiger partial charge in [0.2, 0.25) is 0 Å². The summed E-state index contributed by atoms with van der Waals surface area (Å²) >= 11 is 0. The van der Waals surface area contributed by atoms with Crippen molar-refractivity contribution in [3.8, 4) is 0 Å². The lowest BCUT2D eigenvalue weighted by atomic mass is 9.95. The Bertz CT molecular complexity index is 188. The SMILES string of the molecule is CC.CCOCC12CCCN1CC(F)C2.